The second-order valence-electron chi connectivity index (χ2n) is 3.96. The highest BCUT2D eigenvalue weighted by Crippen LogP contribution is 2.43. The van der Waals surface area contributed by atoms with E-state index >= 15 is 0 Å². The minimum atomic E-state index is -4.19. The number of benzene rings is 1. The maximum Gasteiger partial charge on any atom is 0.330 e. The molecule has 1 heterocycles. The number of carbonyl (C=O) groups excluding carboxylic acids is 1. The van der Waals surface area contributed by atoms with E-state index in [4.69, 9.17) is 20.3 Å². The molecule has 1 aliphatic rings. The highest BCUT2D eigenvalue weighted by Gasteiger charge is 2.28. The third-order valence-electron chi connectivity index (χ3n) is 2.50. The molecule has 92 valence electrons. The van der Waals surface area contributed by atoms with Gasteiger partial charge in [-0.25, -0.2) is 4.79 Å². The molecule has 0 amide bonds. The lowest BCUT2D eigenvalue weighted by molar-refractivity contribution is -0.136. The van der Waals surface area contributed by atoms with Crippen LogP contribution in [-0.2, 0) is 21.9 Å². The van der Waals surface area contributed by atoms with E-state index in [1.807, 2.05) is 0 Å². The molecule has 7 heteroatoms. The first-order valence-corrected chi connectivity index (χ1v) is 6.79. The molecule has 0 saturated heterocycles. The van der Waals surface area contributed by atoms with Crippen LogP contribution in [0.15, 0.2) is 18.2 Å². The van der Waals surface area contributed by atoms with Crippen molar-refractivity contribution in [3.05, 3.63) is 29.3 Å². The second-order valence-corrected chi connectivity index (χ2v) is 5.61. The SMILES string of the molecule is NC1Cc2cccc(CP(=O)(O)O)c2OC1=O. The van der Waals surface area contributed by atoms with Crippen molar-refractivity contribution in [2.24, 2.45) is 5.73 Å². The zero-order valence-corrected chi connectivity index (χ0v) is 9.76. The Balaban J connectivity index is 2.40. The Hall–Kier alpha value is -1.20. The second kappa shape index (κ2) is 4.23. The first kappa shape index (κ1) is 12.3. The summed E-state index contributed by atoms with van der Waals surface area (Å²) in [4.78, 5) is 29.2. The van der Waals surface area contributed by atoms with Crippen molar-refractivity contribution in [3.8, 4) is 5.75 Å². The Morgan fingerprint density at radius 2 is 2.18 bits per heavy atom. The molecule has 0 spiro atoms. The van der Waals surface area contributed by atoms with Gasteiger partial charge in [0.15, 0.2) is 0 Å². The number of hydrogen-bond donors (Lipinski definition) is 3. The third kappa shape index (κ3) is 2.73. The highest BCUT2D eigenvalue weighted by atomic mass is 31.2. The van der Waals surface area contributed by atoms with Crippen molar-refractivity contribution < 1.29 is 23.9 Å². The van der Waals surface area contributed by atoms with Gasteiger partial charge in [0.05, 0.1) is 6.16 Å². The van der Waals surface area contributed by atoms with E-state index in [9.17, 15) is 9.36 Å². The maximum absolute atomic E-state index is 11.3. The molecule has 1 aromatic rings. The molecule has 6 nitrogen and oxygen atoms in total. The van der Waals surface area contributed by atoms with Gasteiger partial charge < -0.3 is 20.3 Å². The summed E-state index contributed by atoms with van der Waals surface area (Å²) >= 11 is 0. The molecule has 1 aliphatic heterocycles. The standard InChI is InChI=1S/C10H12NO5P/c11-8-4-6-2-1-3-7(5-17(13,14)15)9(6)16-10(8)12/h1-3,8H,4-5,11H2,(H2,13,14,15). The first-order chi connectivity index (χ1) is 7.87. The molecular weight excluding hydrogens is 245 g/mol. The summed E-state index contributed by atoms with van der Waals surface area (Å²) in [6.07, 6.45) is -0.123. The molecule has 4 N–H and O–H groups in total. The number of fused-ring (bicyclic) bond motifs is 1. The minimum absolute atomic E-state index is 0.238. The van der Waals surface area contributed by atoms with Crippen molar-refractivity contribution in [2.75, 3.05) is 0 Å². The fourth-order valence-electron chi connectivity index (χ4n) is 1.77. The summed E-state index contributed by atoms with van der Waals surface area (Å²) in [5.41, 5.74) is 6.57. The lowest BCUT2D eigenvalue weighted by atomic mass is 10.0. The quantitative estimate of drug-likeness (QED) is 0.395. The fraction of sp³-hybridized carbons (Fsp3) is 0.300. The van der Waals surface area contributed by atoms with Crippen molar-refractivity contribution in [1.82, 2.24) is 0 Å². The Morgan fingerprint density at radius 3 is 2.82 bits per heavy atom. The first-order valence-electron chi connectivity index (χ1n) is 4.99. The van der Waals surface area contributed by atoms with Gasteiger partial charge in [0.2, 0.25) is 0 Å². The Bertz CT molecular complexity index is 509. The van der Waals surface area contributed by atoms with E-state index in [1.54, 1.807) is 12.1 Å². The molecule has 1 aromatic carbocycles. The van der Waals surface area contributed by atoms with Crippen LogP contribution in [0.1, 0.15) is 11.1 Å². The normalized spacial score (nSPS) is 19.7. The predicted molar refractivity (Wildman–Crippen MR) is 59.5 cm³/mol. The largest absolute Gasteiger partial charge is 0.425 e. The molecule has 1 unspecified atom stereocenters. The van der Waals surface area contributed by atoms with Gasteiger partial charge in [-0.3, -0.25) is 4.57 Å². The van der Waals surface area contributed by atoms with E-state index in [2.05, 4.69) is 0 Å². The predicted octanol–water partition coefficient (Wildman–Crippen LogP) is 0.153. The number of rotatable bonds is 2. The summed E-state index contributed by atoms with van der Waals surface area (Å²) < 4.78 is 16.0. The van der Waals surface area contributed by atoms with Crippen LogP contribution in [0.2, 0.25) is 0 Å². The fourth-order valence-corrected chi connectivity index (χ4v) is 2.47. The lowest BCUT2D eigenvalue weighted by Gasteiger charge is -2.22. The Kier molecular flexibility index (Phi) is 3.05. The molecule has 0 aromatic heterocycles. The van der Waals surface area contributed by atoms with E-state index in [0.29, 0.717) is 17.5 Å². The van der Waals surface area contributed by atoms with E-state index in [1.165, 1.54) is 6.07 Å². The van der Waals surface area contributed by atoms with E-state index in [0.717, 1.165) is 0 Å². The van der Waals surface area contributed by atoms with Crippen molar-refractivity contribution in [3.63, 3.8) is 0 Å². The van der Waals surface area contributed by atoms with Crippen LogP contribution >= 0.6 is 7.60 Å². The Labute approximate surface area is 97.6 Å². The lowest BCUT2D eigenvalue weighted by Crippen LogP contribution is -2.39. The van der Waals surface area contributed by atoms with Crippen molar-refractivity contribution in [2.45, 2.75) is 18.6 Å². The monoisotopic (exact) mass is 257 g/mol. The third-order valence-corrected chi connectivity index (χ3v) is 3.25. The van der Waals surface area contributed by atoms with Crippen LogP contribution in [0.4, 0.5) is 0 Å². The van der Waals surface area contributed by atoms with Crippen LogP contribution in [-0.4, -0.2) is 21.8 Å². The zero-order chi connectivity index (χ0) is 12.6. The van der Waals surface area contributed by atoms with Gasteiger partial charge in [0.25, 0.3) is 0 Å². The number of para-hydroxylation sites is 1. The van der Waals surface area contributed by atoms with Crippen LogP contribution < -0.4 is 10.5 Å². The topological polar surface area (TPSA) is 110 Å². The number of ether oxygens (including phenoxy) is 1. The number of hydrogen-bond acceptors (Lipinski definition) is 4. The summed E-state index contributed by atoms with van der Waals surface area (Å²) in [7, 11) is -4.19. The molecule has 0 bridgehead atoms. The molecule has 1 atom stereocenters. The summed E-state index contributed by atoms with van der Waals surface area (Å²) in [5.74, 6) is -0.335. The molecule has 17 heavy (non-hydrogen) atoms. The zero-order valence-electron chi connectivity index (χ0n) is 8.87. The number of carbonyl (C=O) groups is 1. The van der Waals surface area contributed by atoms with Gasteiger partial charge in [0, 0.05) is 12.0 Å². The van der Waals surface area contributed by atoms with Gasteiger partial charge in [-0.2, -0.15) is 0 Å². The average molecular weight is 257 g/mol. The average Bonchev–Trinajstić information content (AvgIpc) is 2.19. The number of esters is 1. The molecule has 0 aliphatic carbocycles. The van der Waals surface area contributed by atoms with Crippen LogP contribution in [0.5, 0.6) is 5.75 Å². The van der Waals surface area contributed by atoms with Gasteiger partial charge in [-0.05, 0) is 5.56 Å². The summed E-state index contributed by atoms with van der Waals surface area (Å²) in [6.45, 7) is 0. The van der Waals surface area contributed by atoms with Crippen molar-refractivity contribution in [1.29, 1.82) is 0 Å². The molecule has 0 fully saturated rings. The summed E-state index contributed by atoms with van der Waals surface area (Å²) in [5, 5.41) is 0. The molecule has 2 rings (SSSR count). The molecule has 0 saturated carbocycles. The molecular formula is C10H12NO5P. The maximum atomic E-state index is 11.3. The van der Waals surface area contributed by atoms with Crippen LogP contribution in [0.3, 0.4) is 0 Å². The Morgan fingerprint density at radius 1 is 1.47 bits per heavy atom. The molecule has 0 radical (unpaired) electrons. The summed E-state index contributed by atoms with van der Waals surface area (Å²) in [6, 6.07) is 4.20. The van der Waals surface area contributed by atoms with Gasteiger partial charge in [-0.1, -0.05) is 18.2 Å². The van der Waals surface area contributed by atoms with Crippen LogP contribution in [0.25, 0.3) is 0 Å². The van der Waals surface area contributed by atoms with Gasteiger partial charge >= 0.3 is 13.6 Å². The van der Waals surface area contributed by atoms with E-state index < -0.39 is 25.8 Å². The van der Waals surface area contributed by atoms with Crippen molar-refractivity contribution >= 4 is 13.6 Å². The minimum Gasteiger partial charge on any atom is -0.425 e. The highest BCUT2D eigenvalue weighted by molar-refractivity contribution is 7.50. The number of nitrogens with two attached hydrogens (primary N) is 1. The smallest absolute Gasteiger partial charge is 0.330 e. The van der Waals surface area contributed by atoms with Gasteiger partial charge in [-0.15, -0.1) is 0 Å². The van der Waals surface area contributed by atoms with E-state index in [-0.39, 0.29) is 5.75 Å². The van der Waals surface area contributed by atoms with Gasteiger partial charge in [0.1, 0.15) is 11.8 Å². The van der Waals surface area contributed by atoms with Crippen LogP contribution in [0, 0.1) is 0 Å².